The molecule has 0 atom stereocenters. The van der Waals surface area contributed by atoms with Crippen molar-refractivity contribution in [3.63, 3.8) is 0 Å². The molecular formula is C21H10BrCl2N3O2S. The molecule has 148 valence electrons. The van der Waals surface area contributed by atoms with Crippen molar-refractivity contribution in [1.82, 2.24) is 4.98 Å². The molecule has 0 fully saturated rings. The Bertz CT molecular complexity index is 1410. The Balaban J connectivity index is 1.67. The van der Waals surface area contributed by atoms with Crippen LogP contribution in [0.5, 0.6) is 0 Å². The summed E-state index contributed by atoms with van der Waals surface area (Å²) in [7, 11) is 0. The van der Waals surface area contributed by atoms with E-state index in [4.69, 9.17) is 27.6 Å². The topological polar surface area (TPSA) is 78.9 Å². The van der Waals surface area contributed by atoms with Crippen LogP contribution in [-0.4, -0.2) is 4.98 Å². The number of hydrogen-bond donors (Lipinski definition) is 1. The van der Waals surface area contributed by atoms with E-state index in [-0.39, 0.29) is 0 Å². The number of aromatic nitrogens is 1. The van der Waals surface area contributed by atoms with Crippen molar-refractivity contribution in [2.75, 3.05) is 5.32 Å². The Morgan fingerprint density at radius 3 is 2.83 bits per heavy atom. The van der Waals surface area contributed by atoms with Crippen LogP contribution >= 0.6 is 50.5 Å². The zero-order chi connectivity index (χ0) is 21.3. The van der Waals surface area contributed by atoms with Crippen molar-refractivity contribution < 1.29 is 4.42 Å². The average molecular weight is 519 g/mol. The van der Waals surface area contributed by atoms with Gasteiger partial charge in [0.05, 0.1) is 22.0 Å². The quantitative estimate of drug-likeness (QED) is 0.233. The number of anilines is 1. The Kier molecular flexibility index (Phi) is 5.93. The van der Waals surface area contributed by atoms with Gasteiger partial charge in [0, 0.05) is 26.5 Å². The van der Waals surface area contributed by atoms with Gasteiger partial charge in [-0.1, -0.05) is 39.1 Å². The van der Waals surface area contributed by atoms with Crippen LogP contribution in [-0.2, 0) is 0 Å². The van der Waals surface area contributed by atoms with Crippen LogP contribution in [0, 0.1) is 11.3 Å². The van der Waals surface area contributed by atoms with Gasteiger partial charge in [-0.05, 0) is 42.5 Å². The number of nitriles is 1. The number of rotatable bonds is 4. The normalized spacial score (nSPS) is 11.5. The maximum Gasteiger partial charge on any atom is 0.345 e. The van der Waals surface area contributed by atoms with Crippen molar-refractivity contribution in [1.29, 1.82) is 5.26 Å². The number of hydrogen-bond acceptors (Lipinski definition) is 6. The summed E-state index contributed by atoms with van der Waals surface area (Å²) in [4.78, 5) is 16.9. The summed E-state index contributed by atoms with van der Waals surface area (Å²) in [5.74, 6) is 0. The third-order valence-corrected chi connectivity index (χ3v) is 6.05. The summed E-state index contributed by atoms with van der Waals surface area (Å²) in [6, 6.07) is 14.2. The molecule has 4 aromatic rings. The first-order chi connectivity index (χ1) is 14.4. The average Bonchev–Trinajstić information content (AvgIpc) is 3.19. The summed E-state index contributed by atoms with van der Waals surface area (Å²) < 4.78 is 6.27. The molecule has 2 aromatic carbocycles. The van der Waals surface area contributed by atoms with Crippen LogP contribution < -0.4 is 10.9 Å². The van der Waals surface area contributed by atoms with Gasteiger partial charge in [-0.15, -0.1) is 11.3 Å². The molecule has 0 unspecified atom stereocenters. The molecule has 0 aliphatic carbocycles. The predicted molar refractivity (Wildman–Crippen MR) is 125 cm³/mol. The van der Waals surface area contributed by atoms with E-state index in [1.54, 1.807) is 41.8 Å². The van der Waals surface area contributed by atoms with Crippen molar-refractivity contribution >= 4 is 72.7 Å². The van der Waals surface area contributed by atoms with E-state index in [9.17, 15) is 10.1 Å². The SMILES string of the molecule is N#C/C(=C/Nc1ccc(Cl)cc1Cl)c1nc(-c2cc3cc(Br)ccc3oc2=O)cs1. The van der Waals surface area contributed by atoms with E-state index in [1.807, 2.05) is 6.07 Å². The minimum absolute atomic E-state index is 0.296. The molecule has 2 heterocycles. The van der Waals surface area contributed by atoms with E-state index in [2.05, 4.69) is 32.3 Å². The first-order valence-corrected chi connectivity index (χ1v) is 10.9. The number of thiazole rings is 1. The molecule has 0 spiro atoms. The van der Waals surface area contributed by atoms with E-state index in [0.717, 1.165) is 9.86 Å². The molecule has 0 aliphatic rings. The maximum absolute atomic E-state index is 12.4. The Hall–Kier alpha value is -2.63. The summed E-state index contributed by atoms with van der Waals surface area (Å²) in [6.45, 7) is 0. The molecule has 2 aromatic heterocycles. The molecule has 0 aliphatic heterocycles. The minimum Gasteiger partial charge on any atom is -0.422 e. The molecule has 4 rings (SSSR count). The van der Waals surface area contributed by atoms with Gasteiger partial charge in [-0.25, -0.2) is 9.78 Å². The number of nitrogens with one attached hydrogen (secondary N) is 1. The number of benzene rings is 2. The maximum atomic E-state index is 12.4. The first-order valence-electron chi connectivity index (χ1n) is 8.46. The number of nitrogens with zero attached hydrogens (tertiary/aromatic N) is 2. The number of allylic oxidation sites excluding steroid dienone is 1. The molecule has 30 heavy (non-hydrogen) atoms. The molecule has 1 N–H and O–H groups in total. The van der Waals surface area contributed by atoms with Crippen LogP contribution in [0.25, 0.3) is 27.8 Å². The lowest BCUT2D eigenvalue weighted by Gasteiger charge is -2.04. The van der Waals surface area contributed by atoms with E-state index >= 15 is 0 Å². The number of halogens is 3. The second kappa shape index (κ2) is 8.62. The lowest BCUT2D eigenvalue weighted by atomic mass is 10.1. The van der Waals surface area contributed by atoms with Gasteiger partial charge in [0.2, 0.25) is 0 Å². The van der Waals surface area contributed by atoms with Crippen LogP contribution in [0.2, 0.25) is 10.0 Å². The molecule has 0 radical (unpaired) electrons. The molecular weight excluding hydrogens is 509 g/mol. The second-order valence-electron chi connectivity index (χ2n) is 6.11. The van der Waals surface area contributed by atoms with E-state index in [1.165, 1.54) is 17.5 Å². The highest BCUT2D eigenvalue weighted by atomic mass is 79.9. The standard InChI is InChI=1S/C21H10BrCl2N3O2S/c22-13-1-4-19-11(5-13)6-15(21(28)29-19)18-10-30-20(27-18)12(8-25)9-26-17-3-2-14(23)7-16(17)24/h1-7,9-10,26H/b12-9-. The molecule has 5 nitrogen and oxygen atoms in total. The van der Waals surface area contributed by atoms with Crippen LogP contribution in [0.15, 0.2) is 67.7 Å². The highest BCUT2D eigenvalue weighted by Gasteiger charge is 2.14. The zero-order valence-electron chi connectivity index (χ0n) is 14.9. The Labute approximate surface area is 193 Å². The van der Waals surface area contributed by atoms with Gasteiger partial charge >= 0.3 is 5.63 Å². The van der Waals surface area contributed by atoms with E-state index in [0.29, 0.717) is 43.2 Å². The van der Waals surface area contributed by atoms with Gasteiger partial charge in [0.15, 0.2) is 0 Å². The highest BCUT2D eigenvalue weighted by Crippen LogP contribution is 2.29. The molecule has 0 saturated heterocycles. The lowest BCUT2D eigenvalue weighted by molar-refractivity contribution is 0.563. The van der Waals surface area contributed by atoms with Crippen LogP contribution in [0.3, 0.4) is 0 Å². The van der Waals surface area contributed by atoms with Crippen molar-refractivity contribution in [2.24, 2.45) is 0 Å². The predicted octanol–water partition coefficient (Wildman–Crippen LogP) is 6.96. The fourth-order valence-corrected chi connectivity index (χ4v) is 4.32. The Morgan fingerprint density at radius 2 is 2.07 bits per heavy atom. The minimum atomic E-state index is -0.491. The fraction of sp³-hybridized carbons (Fsp3) is 0. The molecule has 0 bridgehead atoms. The largest absolute Gasteiger partial charge is 0.422 e. The van der Waals surface area contributed by atoms with Crippen molar-refractivity contribution in [3.05, 3.63) is 84.0 Å². The van der Waals surface area contributed by atoms with Gasteiger partial charge in [0.25, 0.3) is 0 Å². The summed E-state index contributed by atoms with van der Waals surface area (Å²) in [5, 5.41) is 16.4. The molecule has 9 heteroatoms. The second-order valence-corrected chi connectivity index (χ2v) is 8.72. The van der Waals surface area contributed by atoms with Gasteiger partial charge < -0.3 is 9.73 Å². The van der Waals surface area contributed by atoms with Crippen molar-refractivity contribution in [2.45, 2.75) is 0 Å². The summed E-state index contributed by atoms with van der Waals surface area (Å²) in [5.41, 5.74) is 1.67. The molecule has 0 amide bonds. The Morgan fingerprint density at radius 1 is 1.23 bits per heavy atom. The van der Waals surface area contributed by atoms with Gasteiger partial charge in [-0.3, -0.25) is 0 Å². The lowest BCUT2D eigenvalue weighted by Crippen LogP contribution is -2.03. The zero-order valence-corrected chi connectivity index (χ0v) is 18.9. The third-order valence-electron chi connectivity index (χ3n) is 4.13. The summed E-state index contributed by atoms with van der Waals surface area (Å²) >= 11 is 16.7. The molecule has 0 saturated carbocycles. The third kappa shape index (κ3) is 4.27. The summed E-state index contributed by atoms with van der Waals surface area (Å²) in [6.07, 6.45) is 1.51. The number of fused-ring (bicyclic) bond motifs is 1. The highest BCUT2D eigenvalue weighted by molar-refractivity contribution is 9.10. The first kappa shape index (κ1) is 20.6. The van der Waals surface area contributed by atoms with Gasteiger partial charge in [-0.2, -0.15) is 5.26 Å². The van der Waals surface area contributed by atoms with Crippen LogP contribution in [0.4, 0.5) is 5.69 Å². The van der Waals surface area contributed by atoms with Crippen LogP contribution in [0.1, 0.15) is 5.01 Å². The fourth-order valence-electron chi connectivity index (χ4n) is 2.69. The smallest absolute Gasteiger partial charge is 0.345 e. The van der Waals surface area contributed by atoms with Gasteiger partial charge in [0.1, 0.15) is 22.2 Å². The van der Waals surface area contributed by atoms with E-state index < -0.39 is 5.63 Å². The monoisotopic (exact) mass is 517 g/mol. The van der Waals surface area contributed by atoms with Crippen molar-refractivity contribution in [3.8, 4) is 17.3 Å².